The second-order valence-corrected chi connectivity index (χ2v) is 4.79. The van der Waals surface area contributed by atoms with Gasteiger partial charge >= 0.3 is 5.97 Å². The molecular weight excluding hydrogens is 272 g/mol. The quantitative estimate of drug-likeness (QED) is 0.628. The van der Waals surface area contributed by atoms with Gasteiger partial charge < -0.3 is 20.3 Å². The molecule has 106 valence electrons. The third-order valence-electron chi connectivity index (χ3n) is 2.18. The van der Waals surface area contributed by atoms with Crippen LogP contribution in [-0.2, 0) is 9.53 Å². The van der Waals surface area contributed by atoms with E-state index < -0.39 is 18.2 Å². The first-order valence-electron chi connectivity index (χ1n) is 5.69. The van der Waals surface area contributed by atoms with E-state index in [4.69, 9.17) is 4.74 Å². The van der Waals surface area contributed by atoms with E-state index in [9.17, 15) is 19.8 Å². The van der Waals surface area contributed by atoms with Gasteiger partial charge in [-0.1, -0.05) is 0 Å². The van der Waals surface area contributed by atoms with Gasteiger partial charge in [0.05, 0.1) is 12.8 Å². The number of amides is 1. The van der Waals surface area contributed by atoms with Crippen LogP contribution in [-0.4, -0.2) is 46.3 Å². The van der Waals surface area contributed by atoms with Crippen molar-refractivity contribution in [2.24, 2.45) is 0 Å². The first kappa shape index (κ1) is 15.5. The van der Waals surface area contributed by atoms with Gasteiger partial charge in [-0.3, -0.25) is 4.79 Å². The van der Waals surface area contributed by atoms with Crippen molar-refractivity contribution in [3.05, 3.63) is 16.1 Å². The number of thiazole rings is 1. The van der Waals surface area contributed by atoms with Gasteiger partial charge in [-0.05, 0) is 6.92 Å². The van der Waals surface area contributed by atoms with Crippen LogP contribution >= 0.6 is 11.3 Å². The standard InChI is InChI=1S/C11H16N2O5S/c1-3-18-11(17)8-5-13-10(19-8)9(16)7(15)4-12-6(2)14/h5,7,9,15-16H,3-4H2,1-2H3,(H,12,14). The predicted octanol–water partition coefficient (Wildman–Crippen LogP) is -0.150. The number of aromatic nitrogens is 1. The van der Waals surface area contributed by atoms with Gasteiger partial charge in [0.15, 0.2) is 0 Å². The minimum atomic E-state index is -1.26. The summed E-state index contributed by atoms with van der Waals surface area (Å²) in [5.41, 5.74) is 0. The third-order valence-corrected chi connectivity index (χ3v) is 3.23. The van der Waals surface area contributed by atoms with Crippen LogP contribution in [0.1, 0.15) is 34.6 Å². The molecule has 0 aliphatic heterocycles. The topological polar surface area (TPSA) is 109 Å². The lowest BCUT2D eigenvalue weighted by Crippen LogP contribution is -2.34. The SMILES string of the molecule is CCOC(=O)c1cnc(C(O)C(O)CNC(C)=O)s1. The predicted molar refractivity (Wildman–Crippen MR) is 67.7 cm³/mol. The van der Waals surface area contributed by atoms with Crippen molar-refractivity contribution < 1.29 is 24.5 Å². The van der Waals surface area contributed by atoms with Gasteiger partial charge in [0.25, 0.3) is 0 Å². The molecule has 0 fully saturated rings. The molecule has 1 aromatic heterocycles. The van der Waals surface area contributed by atoms with Gasteiger partial charge in [0, 0.05) is 13.5 Å². The number of nitrogens with zero attached hydrogens (tertiary/aromatic N) is 1. The number of nitrogens with one attached hydrogen (secondary N) is 1. The highest BCUT2D eigenvalue weighted by molar-refractivity contribution is 7.13. The fraction of sp³-hybridized carbons (Fsp3) is 0.545. The second kappa shape index (κ2) is 7.17. The van der Waals surface area contributed by atoms with E-state index in [2.05, 4.69) is 10.3 Å². The molecule has 0 spiro atoms. The molecule has 0 saturated heterocycles. The van der Waals surface area contributed by atoms with E-state index in [0.717, 1.165) is 11.3 Å². The highest BCUT2D eigenvalue weighted by Gasteiger charge is 2.23. The largest absolute Gasteiger partial charge is 0.462 e. The molecule has 0 aliphatic rings. The lowest BCUT2D eigenvalue weighted by atomic mass is 10.2. The summed E-state index contributed by atoms with van der Waals surface area (Å²) < 4.78 is 4.79. The van der Waals surface area contributed by atoms with Crippen LogP contribution in [0.5, 0.6) is 0 Å². The molecule has 19 heavy (non-hydrogen) atoms. The number of aliphatic hydroxyl groups is 2. The van der Waals surface area contributed by atoms with Crippen molar-refractivity contribution >= 4 is 23.2 Å². The molecule has 0 aliphatic carbocycles. The summed E-state index contributed by atoms with van der Waals surface area (Å²) in [4.78, 5) is 26.2. The van der Waals surface area contributed by atoms with Crippen LogP contribution in [0.15, 0.2) is 6.20 Å². The smallest absolute Gasteiger partial charge is 0.349 e. The molecule has 1 amide bonds. The molecule has 7 nitrogen and oxygen atoms in total. The number of aliphatic hydroxyl groups excluding tert-OH is 2. The van der Waals surface area contributed by atoms with Crippen molar-refractivity contribution in [2.45, 2.75) is 26.1 Å². The molecule has 0 bridgehead atoms. The molecule has 3 N–H and O–H groups in total. The molecule has 2 atom stereocenters. The average molecular weight is 288 g/mol. The zero-order valence-corrected chi connectivity index (χ0v) is 11.4. The van der Waals surface area contributed by atoms with E-state index in [1.54, 1.807) is 6.92 Å². The number of hydrogen-bond acceptors (Lipinski definition) is 7. The lowest BCUT2D eigenvalue weighted by molar-refractivity contribution is -0.119. The summed E-state index contributed by atoms with van der Waals surface area (Å²) in [7, 11) is 0. The van der Waals surface area contributed by atoms with Gasteiger partial charge in [-0.2, -0.15) is 0 Å². The van der Waals surface area contributed by atoms with Crippen LogP contribution in [0.2, 0.25) is 0 Å². The Morgan fingerprint density at radius 3 is 2.79 bits per heavy atom. The molecule has 1 aromatic rings. The number of ether oxygens (including phenoxy) is 1. The van der Waals surface area contributed by atoms with Gasteiger partial charge in [0.1, 0.15) is 22.1 Å². The number of carbonyl (C=O) groups is 2. The second-order valence-electron chi connectivity index (χ2n) is 3.73. The highest BCUT2D eigenvalue weighted by atomic mass is 32.1. The number of hydrogen-bond donors (Lipinski definition) is 3. The lowest BCUT2D eigenvalue weighted by Gasteiger charge is -2.15. The first-order chi connectivity index (χ1) is 8.95. The molecule has 2 unspecified atom stereocenters. The molecule has 8 heteroatoms. The molecule has 0 radical (unpaired) electrons. The van der Waals surface area contributed by atoms with E-state index >= 15 is 0 Å². The minimum absolute atomic E-state index is 0.0924. The van der Waals surface area contributed by atoms with Crippen molar-refractivity contribution in [3.8, 4) is 0 Å². The maximum absolute atomic E-state index is 11.4. The Bertz CT molecular complexity index is 448. The molecular formula is C11H16N2O5S. The fourth-order valence-electron chi connectivity index (χ4n) is 1.25. The Balaban J connectivity index is 2.64. The summed E-state index contributed by atoms with van der Waals surface area (Å²) >= 11 is 0.943. The Labute approximate surface area is 114 Å². The van der Waals surface area contributed by atoms with Crippen molar-refractivity contribution in [2.75, 3.05) is 13.2 Å². The average Bonchev–Trinajstić information content (AvgIpc) is 2.84. The maximum atomic E-state index is 11.4. The molecule has 0 aromatic carbocycles. The van der Waals surface area contributed by atoms with Crippen LogP contribution in [0.4, 0.5) is 0 Å². The van der Waals surface area contributed by atoms with E-state index in [1.807, 2.05) is 0 Å². The summed E-state index contributed by atoms with van der Waals surface area (Å²) in [5.74, 6) is -0.826. The number of carbonyl (C=O) groups excluding carboxylic acids is 2. The van der Waals surface area contributed by atoms with Gasteiger partial charge in [-0.25, -0.2) is 9.78 Å². The maximum Gasteiger partial charge on any atom is 0.349 e. The summed E-state index contributed by atoms with van der Waals surface area (Å²) in [5, 5.41) is 22.1. The summed E-state index contributed by atoms with van der Waals surface area (Å²) in [6.45, 7) is 3.15. The monoisotopic (exact) mass is 288 g/mol. The fourth-order valence-corrected chi connectivity index (χ4v) is 2.10. The normalized spacial score (nSPS) is 13.7. The Morgan fingerprint density at radius 1 is 1.53 bits per heavy atom. The number of rotatable bonds is 6. The Hall–Kier alpha value is -1.51. The van der Waals surface area contributed by atoms with Crippen LogP contribution < -0.4 is 5.32 Å². The highest BCUT2D eigenvalue weighted by Crippen LogP contribution is 2.23. The summed E-state index contributed by atoms with van der Waals surface area (Å²) in [6, 6.07) is 0. The van der Waals surface area contributed by atoms with Crippen molar-refractivity contribution in [3.63, 3.8) is 0 Å². The van der Waals surface area contributed by atoms with E-state index in [0.29, 0.717) is 0 Å². The van der Waals surface area contributed by atoms with Gasteiger partial charge in [-0.15, -0.1) is 11.3 Å². The van der Waals surface area contributed by atoms with Crippen LogP contribution in [0.3, 0.4) is 0 Å². The number of esters is 1. The minimum Gasteiger partial charge on any atom is -0.462 e. The molecule has 1 heterocycles. The van der Waals surface area contributed by atoms with Crippen molar-refractivity contribution in [1.82, 2.24) is 10.3 Å². The first-order valence-corrected chi connectivity index (χ1v) is 6.50. The van der Waals surface area contributed by atoms with E-state index in [-0.39, 0.29) is 28.9 Å². The molecule has 0 saturated carbocycles. The van der Waals surface area contributed by atoms with Gasteiger partial charge in [0.2, 0.25) is 5.91 Å². The van der Waals surface area contributed by atoms with Crippen molar-refractivity contribution in [1.29, 1.82) is 0 Å². The van der Waals surface area contributed by atoms with E-state index in [1.165, 1.54) is 13.1 Å². The third kappa shape index (κ3) is 4.58. The van der Waals surface area contributed by atoms with Crippen LogP contribution in [0.25, 0.3) is 0 Å². The summed E-state index contributed by atoms with van der Waals surface area (Å²) in [6.07, 6.45) is -1.17. The Morgan fingerprint density at radius 2 is 2.21 bits per heavy atom. The zero-order valence-electron chi connectivity index (χ0n) is 10.6. The molecule has 1 rings (SSSR count). The Kier molecular flexibility index (Phi) is 5.87. The zero-order chi connectivity index (χ0) is 14.4. The van der Waals surface area contributed by atoms with Crippen LogP contribution in [0, 0.1) is 0 Å².